The summed E-state index contributed by atoms with van der Waals surface area (Å²) in [6, 6.07) is 0. The van der Waals surface area contributed by atoms with Crippen molar-refractivity contribution in [3.8, 4) is 0 Å². The first-order valence-electron chi connectivity index (χ1n) is 8.89. The molecular weight excluding hydrogens is 422 g/mol. The van der Waals surface area contributed by atoms with Gasteiger partial charge < -0.3 is 31.5 Å². The van der Waals surface area contributed by atoms with Gasteiger partial charge in [0.15, 0.2) is 0 Å². The summed E-state index contributed by atoms with van der Waals surface area (Å²) in [6.45, 7) is 11.0. The number of rotatable bonds is 17. The van der Waals surface area contributed by atoms with Gasteiger partial charge in [-0.2, -0.15) is 0 Å². The minimum Gasteiger partial charge on any atom is -0.392 e. The van der Waals surface area contributed by atoms with Crippen molar-refractivity contribution in [3.63, 3.8) is 0 Å². The second-order valence-electron chi connectivity index (χ2n) is 5.71. The maximum atomic E-state index is 9.72. The Morgan fingerprint density at radius 3 is 1.23 bits per heavy atom. The van der Waals surface area contributed by atoms with E-state index in [0.29, 0.717) is 13.1 Å². The zero-order valence-electron chi connectivity index (χ0n) is 16.2. The molecule has 6 nitrogen and oxygen atoms in total. The van der Waals surface area contributed by atoms with Gasteiger partial charge in [-0.25, -0.2) is 0 Å². The Labute approximate surface area is 185 Å². The summed E-state index contributed by atoms with van der Waals surface area (Å²) in [5.41, 5.74) is 0. The van der Waals surface area contributed by atoms with Gasteiger partial charge in [-0.15, -0.1) is 49.6 Å². The van der Waals surface area contributed by atoms with Gasteiger partial charge in [-0.3, -0.25) is 0 Å². The first kappa shape index (κ1) is 37.6. The van der Waals surface area contributed by atoms with Crippen molar-refractivity contribution in [1.29, 1.82) is 0 Å². The van der Waals surface area contributed by atoms with Crippen molar-refractivity contribution < 1.29 is 10.2 Å². The van der Waals surface area contributed by atoms with Crippen LogP contribution < -0.4 is 21.3 Å². The largest absolute Gasteiger partial charge is 0.392 e. The van der Waals surface area contributed by atoms with Crippen molar-refractivity contribution in [1.82, 2.24) is 21.3 Å². The van der Waals surface area contributed by atoms with Crippen molar-refractivity contribution in [2.75, 3.05) is 52.4 Å². The van der Waals surface area contributed by atoms with Gasteiger partial charge in [0.1, 0.15) is 0 Å². The van der Waals surface area contributed by atoms with E-state index in [0.717, 1.165) is 65.0 Å². The molecule has 0 aliphatic carbocycles. The van der Waals surface area contributed by atoms with Gasteiger partial charge in [-0.1, -0.05) is 13.8 Å². The Morgan fingerprint density at radius 1 is 0.577 bits per heavy atom. The van der Waals surface area contributed by atoms with E-state index in [2.05, 4.69) is 35.1 Å². The molecule has 0 spiro atoms. The number of unbranched alkanes of at least 4 members (excludes halogenated alkanes) is 1. The molecule has 0 heterocycles. The minimum atomic E-state index is -0.260. The average molecular weight is 464 g/mol. The molecule has 166 valence electrons. The van der Waals surface area contributed by atoms with Crippen LogP contribution in [0.1, 0.15) is 39.5 Å². The van der Waals surface area contributed by atoms with Crippen molar-refractivity contribution in [2.24, 2.45) is 0 Å². The molecule has 0 aromatic rings. The van der Waals surface area contributed by atoms with Gasteiger partial charge in [0.05, 0.1) is 12.2 Å². The Morgan fingerprint density at radius 2 is 0.923 bits per heavy atom. The highest BCUT2D eigenvalue weighted by molar-refractivity contribution is 5.86. The number of aliphatic hydroxyl groups is 2. The van der Waals surface area contributed by atoms with E-state index in [1.54, 1.807) is 0 Å². The van der Waals surface area contributed by atoms with Crippen LogP contribution in [0.25, 0.3) is 0 Å². The van der Waals surface area contributed by atoms with E-state index < -0.39 is 0 Å². The minimum absolute atomic E-state index is 0. The molecule has 0 amide bonds. The highest BCUT2D eigenvalue weighted by Crippen LogP contribution is 1.91. The van der Waals surface area contributed by atoms with E-state index in [9.17, 15) is 10.2 Å². The first-order valence-corrected chi connectivity index (χ1v) is 8.89. The zero-order valence-corrected chi connectivity index (χ0v) is 19.4. The molecule has 0 bridgehead atoms. The second-order valence-corrected chi connectivity index (χ2v) is 5.71. The third-order valence-electron chi connectivity index (χ3n) is 3.53. The quantitative estimate of drug-likeness (QED) is 0.182. The molecule has 0 radical (unpaired) electrons. The van der Waals surface area contributed by atoms with Crippen molar-refractivity contribution in [2.45, 2.75) is 51.7 Å². The Kier molecular flexibility index (Phi) is 44.4. The molecule has 0 aliphatic rings. The molecule has 0 aromatic heterocycles. The summed E-state index contributed by atoms with van der Waals surface area (Å²) in [5, 5.41) is 32.4. The van der Waals surface area contributed by atoms with Gasteiger partial charge in [0.25, 0.3) is 0 Å². The summed E-state index contributed by atoms with van der Waals surface area (Å²) in [4.78, 5) is 0. The fourth-order valence-corrected chi connectivity index (χ4v) is 2.13. The number of aliphatic hydroxyl groups excluding tert-OH is 2. The third-order valence-corrected chi connectivity index (χ3v) is 3.53. The van der Waals surface area contributed by atoms with E-state index in [1.165, 1.54) is 0 Å². The second kappa shape index (κ2) is 30.6. The van der Waals surface area contributed by atoms with Crippen LogP contribution >= 0.6 is 49.6 Å². The molecule has 2 unspecified atom stereocenters. The van der Waals surface area contributed by atoms with Crippen LogP contribution in [0.4, 0.5) is 0 Å². The van der Waals surface area contributed by atoms with Crippen LogP contribution in [0.3, 0.4) is 0 Å². The zero-order chi connectivity index (χ0) is 16.5. The summed E-state index contributed by atoms with van der Waals surface area (Å²) in [6.07, 6.45) is 3.24. The highest BCUT2D eigenvalue weighted by atomic mass is 35.5. The Bertz CT molecular complexity index is 214. The molecule has 2 atom stereocenters. The molecule has 10 heteroatoms. The average Bonchev–Trinajstić information content (AvgIpc) is 2.50. The maximum absolute atomic E-state index is 9.72. The highest BCUT2D eigenvalue weighted by Gasteiger charge is 2.03. The molecule has 0 fully saturated rings. The predicted octanol–water partition coefficient (Wildman–Crippen LogP) is 1.35. The molecule has 0 aliphatic heterocycles. The number of hydrogen-bond acceptors (Lipinski definition) is 6. The van der Waals surface area contributed by atoms with Gasteiger partial charge in [-0.05, 0) is 65.0 Å². The molecule has 0 aromatic carbocycles. The van der Waals surface area contributed by atoms with Crippen LogP contribution in [0.2, 0.25) is 0 Å². The van der Waals surface area contributed by atoms with Crippen molar-refractivity contribution in [3.05, 3.63) is 0 Å². The standard InChI is InChI=1S/C16H38N4O2.4ClH/c1-3-17-11-7-15(21)13-19-9-5-6-10-20-14-16(22)8-12-18-4-2;;;;/h15-22H,3-14H2,1-2H3;4*1H. The van der Waals surface area contributed by atoms with E-state index in [-0.39, 0.29) is 61.8 Å². The maximum Gasteiger partial charge on any atom is 0.0676 e. The summed E-state index contributed by atoms with van der Waals surface area (Å²) in [5.74, 6) is 0. The smallest absolute Gasteiger partial charge is 0.0676 e. The number of nitrogens with one attached hydrogen (secondary N) is 4. The lowest BCUT2D eigenvalue weighted by Gasteiger charge is -2.13. The fraction of sp³-hybridized carbons (Fsp3) is 1.00. The van der Waals surface area contributed by atoms with Gasteiger partial charge in [0.2, 0.25) is 0 Å². The van der Waals surface area contributed by atoms with E-state index in [1.807, 2.05) is 0 Å². The van der Waals surface area contributed by atoms with Crippen LogP contribution in [0, 0.1) is 0 Å². The van der Waals surface area contributed by atoms with Crippen LogP contribution in [-0.2, 0) is 0 Å². The summed E-state index contributed by atoms with van der Waals surface area (Å²) >= 11 is 0. The lowest BCUT2D eigenvalue weighted by molar-refractivity contribution is 0.159. The number of hydrogen-bond donors (Lipinski definition) is 6. The lowest BCUT2D eigenvalue weighted by Crippen LogP contribution is -2.32. The third kappa shape index (κ3) is 29.7. The van der Waals surface area contributed by atoms with Gasteiger partial charge in [0, 0.05) is 13.1 Å². The van der Waals surface area contributed by atoms with Gasteiger partial charge >= 0.3 is 0 Å². The molecule has 0 rings (SSSR count). The summed E-state index contributed by atoms with van der Waals surface area (Å²) < 4.78 is 0. The fourth-order valence-electron chi connectivity index (χ4n) is 2.13. The topological polar surface area (TPSA) is 88.6 Å². The molecule has 0 saturated carbocycles. The van der Waals surface area contributed by atoms with E-state index in [4.69, 9.17) is 0 Å². The normalized spacial score (nSPS) is 12.0. The lowest BCUT2D eigenvalue weighted by atomic mass is 10.2. The summed E-state index contributed by atoms with van der Waals surface area (Å²) in [7, 11) is 0. The molecule has 26 heavy (non-hydrogen) atoms. The SMILES string of the molecule is CCNCCC(O)CNCCCCNCC(O)CCNCC.Cl.Cl.Cl.Cl. The van der Waals surface area contributed by atoms with Crippen molar-refractivity contribution >= 4 is 49.6 Å². The van der Waals surface area contributed by atoms with Crippen LogP contribution in [0.5, 0.6) is 0 Å². The predicted molar refractivity (Wildman–Crippen MR) is 122 cm³/mol. The molecule has 0 saturated heterocycles. The van der Waals surface area contributed by atoms with E-state index >= 15 is 0 Å². The molecular formula is C16H42Cl4N4O2. The Balaban J connectivity index is -0.000000367. The first-order chi connectivity index (χ1) is 10.7. The van der Waals surface area contributed by atoms with Crippen LogP contribution in [-0.4, -0.2) is 74.8 Å². The molecule has 6 N–H and O–H groups in total. The van der Waals surface area contributed by atoms with Crippen LogP contribution in [0.15, 0.2) is 0 Å². The Hall–Kier alpha value is 0.920. The number of halogens is 4. The monoisotopic (exact) mass is 462 g/mol.